The van der Waals surface area contributed by atoms with Crippen molar-refractivity contribution in [3.63, 3.8) is 0 Å². The lowest BCUT2D eigenvalue weighted by molar-refractivity contribution is -0.134. The lowest BCUT2D eigenvalue weighted by Crippen LogP contribution is -2.24. The molecule has 0 aliphatic rings. The lowest BCUT2D eigenvalue weighted by Gasteiger charge is -1.90. The van der Waals surface area contributed by atoms with Crippen molar-refractivity contribution in [2.45, 2.75) is 0 Å². The number of halogens is 1. The van der Waals surface area contributed by atoms with E-state index in [0.29, 0.717) is 0 Å². The third-order valence-corrected chi connectivity index (χ3v) is 0.687. The fraction of sp³-hybridized carbons (Fsp3) is 0. The number of amides is 1. The van der Waals surface area contributed by atoms with Crippen molar-refractivity contribution >= 4 is 11.7 Å². The number of rotatable bonds is 3. The lowest BCUT2D eigenvalue weighted by atomic mass is 10.4. The van der Waals surface area contributed by atoms with Gasteiger partial charge in [0.2, 0.25) is 5.78 Å². The molecule has 0 saturated heterocycles. The van der Waals surface area contributed by atoms with Gasteiger partial charge in [-0.3, -0.25) is 9.59 Å². The summed E-state index contributed by atoms with van der Waals surface area (Å²) in [6.07, 6.45) is 1.69. The van der Waals surface area contributed by atoms with Gasteiger partial charge in [0.1, 0.15) is 6.33 Å². The fourth-order valence-corrected chi connectivity index (χ4v) is 0.271. The molecule has 0 heterocycles. The average molecular weight is 143 g/mol. The van der Waals surface area contributed by atoms with Gasteiger partial charge in [0, 0.05) is 6.20 Å². The number of hydrogen-bond donors (Lipinski definition) is 1. The second-order valence-corrected chi connectivity index (χ2v) is 1.33. The van der Waals surface area contributed by atoms with Crippen LogP contribution < -0.4 is 5.32 Å². The first kappa shape index (κ1) is 8.55. The van der Waals surface area contributed by atoms with Crippen LogP contribution in [-0.4, -0.2) is 11.7 Å². The second kappa shape index (κ2) is 4.43. The molecule has 0 aromatic carbocycles. The van der Waals surface area contributed by atoms with E-state index in [-0.39, 0.29) is 6.33 Å². The van der Waals surface area contributed by atoms with Crippen molar-refractivity contribution in [3.8, 4) is 0 Å². The molecule has 0 spiro atoms. The zero-order valence-corrected chi connectivity index (χ0v) is 5.13. The summed E-state index contributed by atoms with van der Waals surface area (Å²) in [4.78, 5) is 20.7. The molecule has 0 unspecified atom stereocenters. The van der Waals surface area contributed by atoms with Gasteiger partial charge >= 0.3 is 0 Å². The van der Waals surface area contributed by atoms with Crippen LogP contribution in [0.2, 0.25) is 0 Å². The summed E-state index contributed by atoms with van der Waals surface area (Å²) in [7, 11) is 0. The summed E-state index contributed by atoms with van der Waals surface area (Å²) in [6.45, 7) is 3.06. The van der Waals surface area contributed by atoms with E-state index in [1.54, 1.807) is 0 Å². The van der Waals surface area contributed by atoms with Crippen LogP contribution in [0.3, 0.4) is 0 Å². The predicted molar refractivity (Wildman–Crippen MR) is 33.6 cm³/mol. The highest BCUT2D eigenvalue weighted by Crippen LogP contribution is 1.74. The van der Waals surface area contributed by atoms with Gasteiger partial charge in [0.15, 0.2) is 0 Å². The minimum atomic E-state index is -0.899. The highest BCUT2D eigenvalue weighted by atomic mass is 19.1. The molecule has 54 valence electrons. The number of nitrogens with one attached hydrogen (secondary N) is 1. The zero-order valence-electron chi connectivity index (χ0n) is 5.13. The molecule has 0 radical (unpaired) electrons. The zero-order chi connectivity index (χ0) is 7.98. The molecule has 0 aromatic rings. The van der Waals surface area contributed by atoms with Crippen LogP contribution in [0.15, 0.2) is 25.2 Å². The van der Waals surface area contributed by atoms with E-state index in [0.717, 1.165) is 12.3 Å². The Morgan fingerprint density at radius 3 is 2.50 bits per heavy atom. The molecule has 0 aliphatic heterocycles. The van der Waals surface area contributed by atoms with Crippen LogP contribution in [0.1, 0.15) is 0 Å². The van der Waals surface area contributed by atoms with Crippen molar-refractivity contribution in [2.75, 3.05) is 0 Å². The summed E-state index contributed by atoms with van der Waals surface area (Å²) in [5.41, 5.74) is 0. The van der Waals surface area contributed by atoms with Gasteiger partial charge in [-0.25, -0.2) is 4.39 Å². The highest BCUT2D eigenvalue weighted by molar-refractivity contribution is 6.40. The average Bonchev–Trinajstić information content (AvgIpc) is 1.98. The molecule has 0 atom stereocenters. The molecule has 0 saturated carbocycles. The first-order valence-electron chi connectivity index (χ1n) is 2.45. The maximum absolute atomic E-state index is 11.2. The maximum Gasteiger partial charge on any atom is 0.295 e. The number of carbonyl (C=O) groups is 2. The molecule has 4 heteroatoms. The third-order valence-electron chi connectivity index (χ3n) is 0.687. The Kier molecular flexibility index (Phi) is 3.79. The van der Waals surface area contributed by atoms with Gasteiger partial charge in [-0.15, -0.1) is 0 Å². The topological polar surface area (TPSA) is 46.2 Å². The Morgan fingerprint density at radius 1 is 1.50 bits per heavy atom. The Balaban J connectivity index is 3.85. The molecule has 1 N–H and O–H groups in total. The number of ketones is 1. The van der Waals surface area contributed by atoms with Crippen molar-refractivity contribution in [1.29, 1.82) is 0 Å². The quantitative estimate of drug-likeness (QED) is 0.456. The summed E-state index contributed by atoms with van der Waals surface area (Å²) >= 11 is 0. The van der Waals surface area contributed by atoms with Crippen molar-refractivity contribution < 1.29 is 14.0 Å². The SMILES string of the molecule is C=CC(=O)C(=O)N/C=C\F. The Labute approximate surface area is 57.2 Å². The normalized spacial score (nSPS) is 9.30. The Morgan fingerprint density at radius 2 is 2.10 bits per heavy atom. The molecular formula is C6H6FNO2. The van der Waals surface area contributed by atoms with Crippen LogP contribution in [0.4, 0.5) is 4.39 Å². The molecule has 0 aliphatic carbocycles. The van der Waals surface area contributed by atoms with Crippen LogP contribution in [0.25, 0.3) is 0 Å². The number of carbonyl (C=O) groups excluding carboxylic acids is 2. The van der Waals surface area contributed by atoms with Crippen LogP contribution >= 0.6 is 0 Å². The molecule has 1 amide bonds. The van der Waals surface area contributed by atoms with Crippen molar-refractivity contribution in [3.05, 3.63) is 25.2 Å². The van der Waals surface area contributed by atoms with E-state index in [2.05, 4.69) is 6.58 Å². The van der Waals surface area contributed by atoms with E-state index in [4.69, 9.17) is 0 Å². The summed E-state index contributed by atoms with van der Waals surface area (Å²) in [6, 6.07) is 0. The van der Waals surface area contributed by atoms with Gasteiger partial charge in [-0.05, 0) is 6.08 Å². The summed E-state index contributed by atoms with van der Waals surface area (Å²) in [5, 5.41) is 1.87. The molecule has 10 heavy (non-hydrogen) atoms. The van der Waals surface area contributed by atoms with Crippen molar-refractivity contribution in [1.82, 2.24) is 5.32 Å². The van der Waals surface area contributed by atoms with Gasteiger partial charge < -0.3 is 5.32 Å². The Bertz CT molecular complexity index is 186. The van der Waals surface area contributed by atoms with E-state index in [9.17, 15) is 14.0 Å². The van der Waals surface area contributed by atoms with Crippen LogP contribution in [-0.2, 0) is 9.59 Å². The molecular weight excluding hydrogens is 137 g/mol. The van der Waals surface area contributed by atoms with Crippen LogP contribution in [0, 0.1) is 0 Å². The molecule has 0 bridgehead atoms. The molecule has 0 aromatic heterocycles. The van der Waals surface area contributed by atoms with E-state index < -0.39 is 11.7 Å². The molecule has 0 fully saturated rings. The Hall–Kier alpha value is -1.45. The minimum Gasteiger partial charge on any atom is -0.323 e. The van der Waals surface area contributed by atoms with Crippen LogP contribution in [0.5, 0.6) is 0 Å². The highest BCUT2D eigenvalue weighted by Gasteiger charge is 2.05. The standard InChI is InChI=1S/C6H6FNO2/c1-2-5(9)6(10)8-4-3-7/h2-4H,1H2,(H,8,10)/b4-3-. The smallest absolute Gasteiger partial charge is 0.295 e. The van der Waals surface area contributed by atoms with Gasteiger partial charge in [-0.2, -0.15) is 0 Å². The van der Waals surface area contributed by atoms with Gasteiger partial charge in [0.25, 0.3) is 5.91 Å². The second-order valence-electron chi connectivity index (χ2n) is 1.33. The minimum absolute atomic E-state index is 0.119. The first-order chi connectivity index (χ1) is 4.72. The van der Waals surface area contributed by atoms with Gasteiger partial charge in [0.05, 0.1) is 0 Å². The van der Waals surface area contributed by atoms with E-state index in [1.165, 1.54) is 0 Å². The monoisotopic (exact) mass is 143 g/mol. The molecule has 0 rings (SSSR count). The van der Waals surface area contributed by atoms with E-state index >= 15 is 0 Å². The van der Waals surface area contributed by atoms with Gasteiger partial charge in [-0.1, -0.05) is 6.58 Å². The fourth-order valence-electron chi connectivity index (χ4n) is 0.271. The van der Waals surface area contributed by atoms with Crippen molar-refractivity contribution in [2.24, 2.45) is 0 Å². The first-order valence-corrected chi connectivity index (χ1v) is 2.45. The third kappa shape index (κ3) is 2.76. The largest absolute Gasteiger partial charge is 0.323 e. The van der Waals surface area contributed by atoms with E-state index in [1.807, 2.05) is 5.32 Å². The summed E-state index contributed by atoms with van der Waals surface area (Å²) < 4.78 is 11.2. The maximum atomic E-state index is 11.2. The predicted octanol–water partition coefficient (Wildman–Crippen LogP) is 0.298. The number of hydrogen-bond acceptors (Lipinski definition) is 2. The molecule has 3 nitrogen and oxygen atoms in total. The summed E-state index contributed by atoms with van der Waals surface area (Å²) in [5.74, 6) is -1.69.